The van der Waals surface area contributed by atoms with Gasteiger partial charge in [0.05, 0.1) is 10.8 Å². The van der Waals surface area contributed by atoms with Crippen LogP contribution in [0.1, 0.15) is 22.3 Å². The average molecular weight is 390 g/mol. The van der Waals surface area contributed by atoms with Crippen LogP contribution < -0.4 is 0 Å². The first-order valence-corrected chi connectivity index (χ1v) is 9.86. The molecule has 0 saturated heterocycles. The third-order valence-corrected chi connectivity index (χ3v) is 4.86. The molecule has 0 spiro atoms. The highest BCUT2D eigenvalue weighted by Gasteiger charge is 2.15. The van der Waals surface area contributed by atoms with Crippen LogP contribution in [0, 0.1) is 0 Å². The molecule has 0 aliphatic rings. The van der Waals surface area contributed by atoms with Gasteiger partial charge in [0.15, 0.2) is 0 Å². The molecule has 0 fully saturated rings. The number of hydrogen-bond acceptors (Lipinski definition) is 2. The van der Waals surface area contributed by atoms with Crippen LogP contribution in [0.3, 0.4) is 0 Å². The maximum atomic E-state index is 4.74. The van der Waals surface area contributed by atoms with Crippen molar-refractivity contribution in [1.82, 2.24) is 0 Å². The number of rotatable bonds is 5. The minimum absolute atomic E-state index is 0.803. The summed E-state index contributed by atoms with van der Waals surface area (Å²) in [6.07, 6.45) is 0. The van der Waals surface area contributed by atoms with Crippen molar-refractivity contribution in [3.63, 3.8) is 0 Å². The molecular formula is C27H19NS. The fourth-order valence-corrected chi connectivity index (χ4v) is 3.59. The van der Waals surface area contributed by atoms with Crippen LogP contribution in [0.25, 0.3) is 11.1 Å². The molecular weight excluding hydrogens is 370 g/mol. The summed E-state index contributed by atoms with van der Waals surface area (Å²) in [5.74, 6) is 0. The lowest BCUT2D eigenvalue weighted by Gasteiger charge is -2.18. The van der Waals surface area contributed by atoms with E-state index in [9.17, 15) is 0 Å². The summed E-state index contributed by atoms with van der Waals surface area (Å²) >= 11 is 4.74. The lowest BCUT2D eigenvalue weighted by molar-refractivity contribution is 1.48. The Labute approximate surface area is 176 Å². The van der Waals surface area contributed by atoms with Crippen LogP contribution in [0.4, 0.5) is 5.69 Å². The van der Waals surface area contributed by atoms with Gasteiger partial charge in [-0.2, -0.15) is 4.99 Å². The zero-order valence-corrected chi connectivity index (χ0v) is 16.6. The molecule has 0 aliphatic carbocycles. The molecule has 1 nitrogen and oxygen atoms in total. The lowest BCUT2D eigenvalue weighted by Crippen LogP contribution is -1.97. The van der Waals surface area contributed by atoms with Gasteiger partial charge in [-0.25, -0.2) is 0 Å². The monoisotopic (exact) mass is 389 g/mol. The quantitative estimate of drug-likeness (QED) is 0.196. The number of benzene rings is 4. The van der Waals surface area contributed by atoms with Crippen LogP contribution in [0.5, 0.6) is 0 Å². The van der Waals surface area contributed by atoms with E-state index in [2.05, 4.69) is 95.1 Å². The Morgan fingerprint density at radius 2 is 0.828 bits per heavy atom. The Hall–Kier alpha value is -3.58. The van der Waals surface area contributed by atoms with Crippen molar-refractivity contribution in [2.45, 2.75) is 0 Å². The van der Waals surface area contributed by atoms with E-state index in [1.807, 2.05) is 30.3 Å². The van der Waals surface area contributed by atoms with E-state index in [4.69, 9.17) is 12.2 Å². The molecule has 0 heterocycles. The molecule has 0 aliphatic heterocycles. The predicted octanol–water partition coefficient (Wildman–Crippen LogP) is 7.43. The van der Waals surface area contributed by atoms with E-state index in [1.54, 1.807) is 0 Å². The minimum Gasteiger partial charge on any atom is -0.195 e. The predicted molar refractivity (Wildman–Crippen MR) is 125 cm³/mol. The minimum atomic E-state index is 0.803. The molecule has 0 aromatic heterocycles. The standard InChI is InChI=1S/C27H19NS/c29-20-28-25-18-16-24(17-19-25)27(23-14-8-3-9-15-23)26(21-10-4-1-5-11-21)22-12-6-2-7-13-22/h1-19H. The molecule has 0 atom stereocenters. The lowest BCUT2D eigenvalue weighted by atomic mass is 9.86. The summed E-state index contributed by atoms with van der Waals surface area (Å²) in [5.41, 5.74) is 7.84. The van der Waals surface area contributed by atoms with Crippen LogP contribution in [-0.4, -0.2) is 5.16 Å². The molecule has 4 rings (SSSR count). The highest BCUT2D eigenvalue weighted by molar-refractivity contribution is 7.78. The summed E-state index contributed by atoms with van der Waals surface area (Å²) in [6.45, 7) is 0. The van der Waals surface area contributed by atoms with Gasteiger partial charge >= 0.3 is 0 Å². The van der Waals surface area contributed by atoms with Crippen LogP contribution in [-0.2, 0) is 0 Å². The molecule has 0 N–H and O–H groups in total. The summed E-state index contributed by atoms with van der Waals surface area (Å²) < 4.78 is 0. The van der Waals surface area contributed by atoms with Crippen LogP contribution in [0.15, 0.2) is 120 Å². The van der Waals surface area contributed by atoms with E-state index in [1.165, 1.54) is 27.8 Å². The van der Waals surface area contributed by atoms with Crippen LogP contribution in [0.2, 0.25) is 0 Å². The molecule has 4 aromatic rings. The molecule has 2 heteroatoms. The highest BCUT2D eigenvalue weighted by atomic mass is 32.1. The van der Waals surface area contributed by atoms with Gasteiger partial charge in [0.2, 0.25) is 0 Å². The fourth-order valence-electron chi connectivity index (χ4n) is 3.48. The topological polar surface area (TPSA) is 12.4 Å². The van der Waals surface area contributed by atoms with E-state index in [-0.39, 0.29) is 0 Å². The first kappa shape index (κ1) is 18.8. The molecule has 4 aromatic carbocycles. The fraction of sp³-hybridized carbons (Fsp3) is 0. The zero-order chi connectivity index (χ0) is 19.9. The van der Waals surface area contributed by atoms with Gasteiger partial charge in [-0.3, -0.25) is 0 Å². The second-order valence-corrected chi connectivity index (χ2v) is 6.78. The highest BCUT2D eigenvalue weighted by Crippen LogP contribution is 2.37. The first-order chi connectivity index (χ1) is 14.4. The van der Waals surface area contributed by atoms with E-state index < -0.39 is 0 Å². The van der Waals surface area contributed by atoms with Crippen molar-refractivity contribution in [1.29, 1.82) is 0 Å². The third kappa shape index (κ3) is 4.30. The maximum absolute atomic E-state index is 4.74. The normalized spacial score (nSPS) is 10.1. The van der Waals surface area contributed by atoms with Crippen molar-refractivity contribution in [3.05, 3.63) is 138 Å². The van der Waals surface area contributed by atoms with Crippen molar-refractivity contribution >= 4 is 34.2 Å². The number of isothiocyanates is 1. The molecule has 0 radical (unpaired) electrons. The van der Waals surface area contributed by atoms with Gasteiger partial charge in [-0.1, -0.05) is 103 Å². The molecule has 29 heavy (non-hydrogen) atoms. The van der Waals surface area contributed by atoms with Gasteiger partial charge in [-0.05, 0) is 57.8 Å². The van der Waals surface area contributed by atoms with Crippen molar-refractivity contribution < 1.29 is 0 Å². The second kappa shape index (κ2) is 9.07. The van der Waals surface area contributed by atoms with Crippen molar-refractivity contribution in [2.24, 2.45) is 4.99 Å². The summed E-state index contributed by atoms with van der Waals surface area (Å²) in [7, 11) is 0. The Bertz CT molecular complexity index is 1110. The van der Waals surface area contributed by atoms with E-state index in [0.717, 1.165) is 11.3 Å². The zero-order valence-electron chi connectivity index (χ0n) is 15.8. The number of thiocarbonyl (C=S) groups is 1. The van der Waals surface area contributed by atoms with E-state index >= 15 is 0 Å². The Balaban J connectivity index is 2.05. The molecule has 138 valence electrons. The largest absolute Gasteiger partial charge is 0.195 e. The summed E-state index contributed by atoms with van der Waals surface area (Å²) in [4.78, 5) is 4.09. The maximum Gasteiger partial charge on any atom is 0.0739 e. The summed E-state index contributed by atoms with van der Waals surface area (Å²) in [6, 6.07) is 39.7. The summed E-state index contributed by atoms with van der Waals surface area (Å²) in [5, 5.41) is 2.44. The molecule has 0 unspecified atom stereocenters. The van der Waals surface area contributed by atoms with Gasteiger partial charge in [0, 0.05) is 0 Å². The molecule has 0 saturated carbocycles. The van der Waals surface area contributed by atoms with Crippen molar-refractivity contribution in [3.8, 4) is 0 Å². The second-order valence-electron chi connectivity index (χ2n) is 6.60. The first-order valence-electron chi connectivity index (χ1n) is 9.45. The van der Waals surface area contributed by atoms with E-state index in [0.29, 0.717) is 0 Å². The number of aliphatic imine (C=N–C) groups is 1. The average Bonchev–Trinajstić information content (AvgIpc) is 2.80. The van der Waals surface area contributed by atoms with Gasteiger partial charge in [-0.15, -0.1) is 0 Å². The Morgan fingerprint density at radius 1 is 0.483 bits per heavy atom. The number of hydrogen-bond donors (Lipinski definition) is 0. The van der Waals surface area contributed by atoms with Crippen molar-refractivity contribution in [2.75, 3.05) is 0 Å². The van der Waals surface area contributed by atoms with Gasteiger partial charge in [0.1, 0.15) is 0 Å². The molecule has 0 amide bonds. The number of nitrogens with zero attached hydrogens (tertiary/aromatic N) is 1. The van der Waals surface area contributed by atoms with Gasteiger partial charge in [0.25, 0.3) is 0 Å². The third-order valence-electron chi connectivity index (χ3n) is 4.77. The van der Waals surface area contributed by atoms with Crippen LogP contribution >= 0.6 is 12.2 Å². The Morgan fingerprint density at radius 3 is 1.17 bits per heavy atom. The molecule has 0 bridgehead atoms. The SMILES string of the molecule is S=C=Nc1ccc(C(=C(c2ccccc2)c2ccccc2)c2ccccc2)cc1. The van der Waals surface area contributed by atoms with Gasteiger partial charge < -0.3 is 0 Å². The smallest absolute Gasteiger partial charge is 0.0739 e. The Kier molecular flexibility index (Phi) is 5.87.